The van der Waals surface area contributed by atoms with E-state index in [0.29, 0.717) is 6.04 Å². The molecule has 1 aromatic rings. The lowest BCUT2D eigenvalue weighted by atomic mass is 9.81. The summed E-state index contributed by atoms with van der Waals surface area (Å²) in [7, 11) is 1.90. The first-order chi connectivity index (χ1) is 8.61. The molecule has 0 saturated heterocycles. The van der Waals surface area contributed by atoms with Crippen LogP contribution in [0.25, 0.3) is 0 Å². The second kappa shape index (κ2) is 5.57. The van der Waals surface area contributed by atoms with Crippen molar-refractivity contribution >= 4 is 5.78 Å². The van der Waals surface area contributed by atoms with Crippen LogP contribution in [0.1, 0.15) is 36.0 Å². The van der Waals surface area contributed by atoms with E-state index in [1.54, 1.807) is 0 Å². The van der Waals surface area contributed by atoms with Gasteiger partial charge in [0.25, 0.3) is 0 Å². The SMILES string of the molecule is CNC1CCC(C(=O)c2cc(F)ccc2F)CC1. The molecule has 1 aliphatic carbocycles. The molecule has 0 unspecified atom stereocenters. The van der Waals surface area contributed by atoms with Gasteiger partial charge in [-0.25, -0.2) is 8.78 Å². The number of ketones is 1. The zero-order valence-corrected chi connectivity index (χ0v) is 10.4. The van der Waals surface area contributed by atoms with Gasteiger partial charge in [-0.2, -0.15) is 0 Å². The minimum absolute atomic E-state index is 0.108. The summed E-state index contributed by atoms with van der Waals surface area (Å²) in [4.78, 5) is 12.1. The van der Waals surface area contributed by atoms with Crippen molar-refractivity contribution in [3.63, 3.8) is 0 Å². The highest BCUT2D eigenvalue weighted by Gasteiger charge is 2.27. The van der Waals surface area contributed by atoms with E-state index in [4.69, 9.17) is 0 Å². The summed E-state index contributed by atoms with van der Waals surface area (Å²) in [5.41, 5.74) is -0.108. The Hall–Kier alpha value is -1.29. The van der Waals surface area contributed by atoms with E-state index in [2.05, 4.69) is 5.32 Å². The maximum Gasteiger partial charge on any atom is 0.168 e. The van der Waals surface area contributed by atoms with Crippen molar-refractivity contribution in [3.8, 4) is 0 Å². The summed E-state index contributed by atoms with van der Waals surface area (Å²) in [5, 5.41) is 3.18. The average Bonchev–Trinajstić information content (AvgIpc) is 2.41. The van der Waals surface area contributed by atoms with Gasteiger partial charge in [0.2, 0.25) is 0 Å². The molecular formula is C14H17F2NO. The highest BCUT2D eigenvalue weighted by Crippen LogP contribution is 2.28. The van der Waals surface area contributed by atoms with Crippen LogP contribution in [0, 0.1) is 17.6 Å². The van der Waals surface area contributed by atoms with Crippen molar-refractivity contribution < 1.29 is 13.6 Å². The second-order valence-electron chi connectivity index (χ2n) is 4.83. The Kier molecular flexibility index (Phi) is 4.07. The van der Waals surface area contributed by atoms with Gasteiger partial charge in [-0.05, 0) is 50.9 Å². The molecule has 0 heterocycles. The lowest BCUT2D eigenvalue weighted by Gasteiger charge is -2.27. The van der Waals surface area contributed by atoms with Crippen molar-refractivity contribution in [1.82, 2.24) is 5.32 Å². The van der Waals surface area contributed by atoms with Crippen LogP contribution in [-0.2, 0) is 0 Å². The van der Waals surface area contributed by atoms with Gasteiger partial charge in [0, 0.05) is 12.0 Å². The van der Waals surface area contributed by atoms with Crippen LogP contribution in [-0.4, -0.2) is 18.9 Å². The Bertz CT molecular complexity index is 439. The number of carbonyl (C=O) groups is 1. The number of halogens is 2. The second-order valence-corrected chi connectivity index (χ2v) is 4.83. The van der Waals surface area contributed by atoms with Gasteiger partial charge in [-0.3, -0.25) is 4.79 Å². The zero-order chi connectivity index (χ0) is 13.1. The molecule has 4 heteroatoms. The van der Waals surface area contributed by atoms with E-state index in [-0.39, 0.29) is 17.3 Å². The fourth-order valence-electron chi connectivity index (χ4n) is 2.55. The summed E-state index contributed by atoms with van der Waals surface area (Å²) in [6, 6.07) is 3.49. The highest BCUT2D eigenvalue weighted by molar-refractivity contribution is 5.98. The number of hydrogen-bond donors (Lipinski definition) is 1. The van der Waals surface area contributed by atoms with Crippen molar-refractivity contribution in [2.75, 3.05) is 7.05 Å². The molecule has 1 aliphatic rings. The van der Waals surface area contributed by atoms with Crippen LogP contribution < -0.4 is 5.32 Å². The number of carbonyl (C=O) groups excluding carboxylic acids is 1. The predicted molar refractivity (Wildman–Crippen MR) is 65.5 cm³/mol. The maximum atomic E-state index is 13.5. The van der Waals surface area contributed by atoms with Gasteiger partial charge in [0.05, 0.1) is 5.56 Å². The third-order valence-corrected chi connectivity index (χ3v) is 3.70. The number of nitrogens with one attached hydrogen (secondary N) is 1. The standard InChI is InChI=1S/C14H17F2NO/c1-17-11-5-2-9(3-6-11)14(18)12-8-10(15)4-7-13(12)16/h4,7-9,11,17H,2-3,5-6H2,1H3. The molecule has 1 fully saturated rings. The van der Waals surface area contributed by atoms with Crippen LogP contribution in [0.2, 0.25) is 0 Å². The van der Waals surface area contributed by atoms with E-state index >= 15 is 0 Å². The maximum absolute atomic E-state index is 13.5. The summed E-state index contributed by atoms with van der Waals surface area (Å²) < 4.78 is 26.6. The van der Waals surface area contributed by atoms with E-state index < -0.39 is 11.6 Å². The van der Waals surface area contributed by atoms with E-state index in [1.165, 1.54) is 0 Å². The van der Waals surface area contributed by atoms with Crippen molar-refractivity contribution in [3.05, 3.63) is 35.4 Å². The lowest BCUT2D eigenvalue weighted by molar-refractivity contribution is 0.0876. The molecule has 0 bridgehead atoms. The van der Waals surface area contributed by atoms with Crippen LogP contribution in [0.15, 0.2) is 18.2 Å². The molecule has 0 aliphatic heterocycles. The molecule has 0 aromatic heterocycles. The molecule has 2 rings (SSSR count). The first-order valence-electron chi connectivity index (χ1n) is 6.28. The smallest absolute Gasteiger partial charge is 0.168 e. The molecule has 98 valence electrons. The minimum Gasteiger partial charge on any atom is -0.317 e. The quantitative estimate of drug-likeness (QED) is 0.839. The summed E-state index contributed by atoms with van der Waals surface area (Å²) in [6.45, 7) is 0. The first kappa shape index (κ1) is 13.1. The summed E-state index contributed by atoms with van der Waals surface area (Å²) >= 11 is 0. The van der Waals surface area contributed by atoms with E-state index in [1.807, 2.05) is 7.05 Å². The minimum atomic E-state index is -0.628. The summed E-state index contributed by atoms with van der Waals surface area (Å²) in [5.74, 6) is -1.63. The molecule has 1 N–H and O–H groups in total. The predicted octanol–water partition coefficient (Wildman–Crippen LogP) is 2.93. The van der Waals surface area contributed by atoms with Crippen molar-refractivity contribution in [2.24, 2.45) is 5.92 Å². The largest absolute Gasteiger partial charge is 0.317 e. The van der Waals surface area contributed by atoms with Crippen molar-refractivity contribution in [2.45, 2.75) is 31.7 Å². The Morgan fingerprint density at radius 2 is 1.89 bits per heavy atom. The van der Waals surface area contributed by atoms with Gasteiger partial charge in [-0.15, -0.1) is 0 Å². The van der Waals surface area contributed by atoms with Gasteiger partial charge in [-0.1, -0.05) is 0 Å². The Morgan fingerprint density at radius 3 is 2.50 bits per heavy atom. The molecule has 0 amide bonds. The van der Waals surface area contributed by atoms with Gasteiger partial charge >= 0.3 is 0 Å². The highest BCUT2D eigenvalue weighted by atomic mass is 19.1. The molecule has 0 atom stereocenters. The fourth-order valence-corrected chi connectivity index (χ4v) is 2.55. The third-order valence-electron chi connectivity index (χ3n) is 3.70. The molecule has 1 aromatic carbocycles. The number of benzene rings is 1. The zero-order valence-electron chi connectivity index (χ0n) is 10.4. The number of Topliss-reactive ketones (excluding diaryl/α,β-unsaturated/α-hetero) is 1. The van der Waals surface area contributed by atoms with Gasteiger partial charge in [0.15, 0.2) is 5.78 Å². The number of rotatable bonds is 3. The summed E-state index contributed by atoms with van der Waals surface area (Å²) in [6.07, 6.45) is 3.29. The monoisotopic (exact) mass is 253 g/mol. The normalized spacial score (nSPS) is 23.9. The molecule has 18 heavy (non-hydrogen) atoms. The third kappa shape index (κ3) is 2.75. The van der Waals surface area contributed by atoms with Crippen LogP contribution in [0.5, 0.6) is 0 Å². The van der Waals surface area contributed by atoms with Crippen molar-refractivity contribution in [1.29, 1.82) is 0 Å². The molecule has 0 radical (unpaired) electrons. The molecule has 0 spiro atoms. The topological polar surface area (TPSA) is 29.1 Å². The van der Waals surface area contributed by atoms with Gasteiger partial charge in [0.1, 0.15) is 11.6 Å². The molecular weight excluding hydrogens is 236 g/mol. The Morgan fingerprint density at radius 1 is 1.22 bits per heavy atom. The lowest BCUT2D eigenvalue weighted by Crippen LogP contribution is -2.32. The van der Waals surface area contributed by atoms with Crippen LogP contribution in [0.3, 0.4) is 0 Å². The number of hydrogen-bond acceptors (Lipinski definition) is 2. The van der Waals surface area contributed by atoms with Crippen LogP contribution >= 0.6 is 0 Å². The van der Waals surface area contributed by atoms with E-state index in [0.717, 1.165) is 43.9 Å². The molecule has 2 nitrogen and oxygen atoms in total. The van der Waals surface area contributed by atoms with Crippen LogP contribution in [0.4, 0.5) is 8.78 Å². The first-order valence-corrected chi connectivity index (χ1v) is 6.28. The Balaban J connectivity index is 2.10. The van der Waals surface area contributed by atoms with E-state index in [9.17, 15) is 13.6 Å². The fraction of sp³-hybridized carbons (Fsp3) is 0.500. The van der Waals surface area contributed by atoms with Gasteiger partial charge < -0.3 is 5.32 Å². The molecule has 1 saturated carbocycles. The average molecular weight is 253 g/mol. The Labute approximate surface area is 105 Å².